The van der Waals surface area contributed by atoms with E-state index in [1.165, 1.54) is 17.7 Å². The van der Waals surface area contributed by atoms with Gasteiger partial charge >= 0.3 is 5.97 Å². The van der Waals surface area contributed by atoms with Gasteiger partial charge in [-0.05, 0) is 6.92 Å². The largest absolute Gasteiger partial charge is 0.476 e. The van der Waals surface area contributed by atoms with Crippen molar-refractivity contribution in [3.8, 4) is 0 Å². The molecule has 0 fully saturated rings. The molecule has 0 saturated heterocycles. The first-order valence-corrected chi connectivity index (χ1v) is 3.88. The molecule has 0 radical (unpaired) electrons. The molecule has 5 nitrogen and oxygen atoms in total. The standard InChI is InChI=1S/C8H10N2O3/c1-3-10-7(5(2)11)4-6(9-10)8(12)13/h4H,3H2,1-2H3,(H,12,13). The topological polar surface area (TPSA) is 72.2 Å². The first-order chi connectivity index (χ1) is 6.06. The highest BCUT2D eigenvalue weighted by Gasteiger charge is 2.14. The lowest BCUT2D eigenvalue weighted by molar-refractivity contribution is 0.0689. The van der Waals surface area contributed by atoms with E-state index >= 15 is 0 Å². The number of aryl methyl sites for hydroxylation is 1. The van der Waals surface area contributed by atoms with Crippen LogP contribution in [0.3, 0.4) is 0 Å². The van der Waals surface area contributed by atoms with Gasteiger partial charge in [0.15, 0.2) is 11.5 Å². The van der Waals surface area contributed by atoms with Crippen molar-refractivity contribution in [2.75, 3.05) is 0 Å². The third-order valence-electron chi connectivity index (χ3n) is 1.66. The van der Waals surface area contributed by atoms with E-state index in [2.05, 4.69) is 5.10 Å². The average molecular weight is 182 g/mol. The predicted molar refractivity (Wildman–Crippen MR) is 44.9 cm³/mol. The fourth-order valence-electron chi connectivity index (χ4n) is 1.05. The van der Waals surface area contributed by atoms with Gasteiger partial charge in [0.25, 0.3) is 0 Å². The van der Waals surface area contributed by atoms with Gasteiger partial charge in [0.1, 0.15) is 5.69 Å². The molecule has 5 heteroatoms. The van der Waals surface area contributed by atoms with Crippen LogP contribution in [0.15, 0.2) is 6.07 Å². The molecule has 1 aromatic rings. The Morgan fingerprint density at radius 3 is 2.54 bits per heavy atom. The van der Waals surface area contributed by atoms with Gasteiger partial charge in [-0.3, -0.25) is 9.48 Å². The molecule has 0 aromatic carbocycles. The Hall–Kier alpha value is -1.65. The molecular formula is C8H10N2O3. The number of nitrogens with zero attached hydrogens (tertiary/aromatic N) is 2. The van der Waals surface area contributed by atoms with E-state index in [0.717, 1.165) is 0 Å². The van der Waals surface area contributed by atoms with Crippen LogP contribution in [0.1, 0.15) is 34.8 Å². The smallest absolute Gasteiger partial charge is 0.356 e. The van der Waals surface area contributed by atoms with E-state index in [9.17, 15) is 9.59 Å². The molecule has 1 N–H and O–H groups in total. The number of rotatable bonds is 3. The maximum Gasteiger partial charge on any atom is 0.356 e. The molecule has 0 spiro atoms. The normalized spacial score (nSPS) is 10.0. The Bertz CT molecular complexity index is 354. The van der Waals surface area contributed by atoms with Crippen LogP contribution in [0.5, 0.6) is 0 Å². The predicted octanol–water partition coefficient (Wildman–Crippen LogP) is 0.804. The van der Waals surface area contributed by atoms with Crippen LogP contribution < -0.4 is 0 Å². The minimum Gasteiger partial charge on any atom is -0.476 e. The summed E-state index contributed by atoms with van der Waals surface area (Å²) in [6, 6.07) is 1.29. The quantitative estimate of drug-likeness (QED) is 0.702. The summed E-state index contributed by atoms with van der Waals surface area (Å²) in [6.45, 7) is 3.67. The van der Waals surface area contributed by atoms with Crippen molar-refractivity contribution in [1.29, 1.82) is 0 Å². The Labute approximate surface area is 75.0 Å². The number of hydrogen-bond donors (Lipinski definition) is 1. The van der Waals surface area contributed by atoms with Crippen molar-refractivity contribution in [3.05, 3.63) is 17.5 Å². The molecule has 1 heterocycles. The highest BCUT2D eigenvalue weighted by Crippen LogP contribution is 2.05. The maximum absolute atomic E-state index is 11.0. The van der Waals surface area contributed by atoms with E-state index < -0.39 is 5.97 Å². The third kappa shape index (κ3) is 1.74. The zero-order valence-corrected chi connectivity index (χ0v) is 7.44. The van der Waals surface area contributed by atoms with Crippen molar-refractivity contribution in [3.63, 3.8) is 0 Å². The highest BCUT2D eigenvalue weighted by atomic mass is 16.4. The number of carbonyl (C=O) groups excluding carboxylic acids is 1. The molecule has 0 amide bonds. The number of aromatic carboxylic acids is 1. The molecule has 0 aliphatic carbocycles. The van der Waals surface area contributed by atoms with E-state index in [1.807, 2.05) is 0 Å². The molecule has 0 bridgehead atoms. The molecule has 0 unspecified atom stereocenters. The van der Waals surface area contributed by atoms with Gasteiger partial charge in [0.2, 0.25) is 0 Å². The number of Topliss-reactive ketones (excluding diaryl/α,β-unsaturated/α-hetero) is 1. The molecule has 0 atom stereocenters. The highest BCUT2D eigenvalue weighted by molar-refractivity contribution is 5.95. The fraction of sp³-hybridized carbons (Fsp3) is 0.375. The lowest BCUT2D eigenvalue weighted by atomic mass is 10.3. The molecule has 0 aliphatic rings. The second-order valence-electron chi connectivity index (χ2n) is 2.59. The maximum atomic E-state index is 11.0. The van der Waals surface area contributed by atoms with E-state index in [4.69, 9.17) is 5.11 Å². The van der Waals surface area contributed by atoms with Crippen LogP contribution in [0.25, 0.3) is 0 Å². The SMILES string of the molecule is CCn1nc(C(=O)O)cc1C(C)=O. The van der Waals surface area contributed by atoms with Gasteiger partial charge in [-0.15, -0.1) is 0 Å². The average Bonchev–Trinajstić information content (AvgIpc) is 2.47. The number of carboxylic acids is 1. The molecule has 0 saturated carbocycles. The lowest BCUT2D eigenvalue weighted by Gasteiger charge is -1.98. The van der Waals surface area contributed by atoms with Crippen LogP contribution in [0.4, 0.5) is 0 Å². The third-order valence-corrected chi connectivity index (χ3v) is 1.66. The van der Waals surface area contributed by atoms with Crippen molar-refractivity contribution in [2.24, 2.45) is 0 Å². The minimum atomic E-state index is -1.12. The van der Waals surface area contributed by atoms with Gasteiger partial charge in [-0.2, -0.15) is 5.10 Å². The molecule has 1 rings (SSSR count). The van der Waals surface area contributed by atoms with E-state index in [-0.39, 0.29) is 11.5 Å². The Morgan fingerprint density at radius 2 is 2.23 bits per heavy atom. The second kappa shape index (κ2) is 3.38. The van der Waals surface area contributed by atoms with Gasteiger partial charge in [0, 0.05) is 19.5 Å². The van der Waals surface area contributed by atoms with Crippen LogP contribution >= 0.6 is 0 Å². The zero-order chi connectivity index (χ0) is 10.0. The van der Waals surface area contributed by atoms with Crippen LogP contribution in [0.2, 0.25) is 0 Å². The molecule has 1 aromatic heterocycles. The molecule has 70 valence electrons. The first-order valence-electron chi connectivity index (χ1n) is 3.88. The van der Waals surface area contributed by atoms with Gasteiger partial charge in [0.05, 0.1) is 0 Å². The summed E-state index contributed by atoms with van der Waals surface area (Å²) < 4.78 is 1.38. The minimum absolute atomic E-state index is 0.0907. The number of ketones is 1. The Kier molecular flexibility index (Phi) is 2.46. The summed E-state index contributed by atoms with van der Waals surface area (Å²) in [5.74, 6) is -1.29. The van der Waals surface area contributed by atoms with Crippen molar-refractivity contribution in [1.82, 2.24) is 9.78 Å². The fourth-order valence-corrected chi connectivity index (χ4v) is 1.05. The summed E-state index contributed by atoms with van der Waals surface area (Å²) in [5, 5.41) is 12.4. The molecule has 0 aliphatic heterocycles. The monoisotopic (exact) mass is 182 g/mol. The summed E-state index contributed by atoms with van der Waals surface area (Å²) in [6.07, 6.45) is 0. The van der Waals surface area contributed by atoms with Crippen LogP contribution in [0, 0.1) is 0 Å². The number of hydrogen-bond acceptors (Lipinski definition) is 3. The number of carboxylic acid groups (broad SMARTS) is 1. The van der Waals surface area contributed by atoms with Gasteiger partial charge < -0.3 is 5.11 Å². The van der Waals surface area contributed by atoms with Gasteiger partial charge in [-0.1, -0.05) is 0 Å². The van der Waals surface area contributed by atoms with Crippen molar-refractivity contribution in [2.45, 2.75) is 20.4 Å². The summed E-state index contributed by atoms with van der Waals surface area (Å²) in [5.41, 5.74) is 0.243. The second-order valence-corrected chi connectivity index (χ2v) is 2.59. The zero-order valence-electron chi connectivity index (χ0n) is 7.44. The van der Waals surface area contributed by atoms with E-state index in [1.54, 1.807) is 6.92 Å². The van der Waals surface area contributed by atoms with Crippen LogP contribution in [-0.2, 0) is 6.54 Å². The lowest BCUT2D eigenvalue weighted by Crippen LogP contribution is -2.06. The van der Waals surface area contributed by atoms with E-state index in [0.29, 0.717) is 12.2 Å². The Morgan fingerprint density at radius 1 is 1.62 bits per heavy atom. The summed E-state index contributed by atoms with van der Waals surface area (Å²) in [4.78, 5) is 21.5. The number of carbonyl (C=O) groups is 2. The molecule has 13 heavy (non-hydrogen) atoms. The van der Waals surface area contributed by atoms with Crippen molar-refractivity contribution < 1.29 is 14.7 Å². The first kappa shape index (κ1) is 9.44. The summed E-state index contributed by atoms with van der Waals surface area (Å²) in [7, 11) is 0. The Balaban J connectivity index is 3.19. The van der Waals surface area contributed by atoms with Crippen LogP contribution in [-0.4, -0.2) is 26.6 Å². The number of aromatic nitrogens is 2. The summed E-state index contributed by atoms with van der Waals surface area (Å²) >= 11 is 0. The van der Waals surface area contributed by atoms with Crippen molar-refractivity contribution >= 4 is 11.8 Å². The molecular weight excluding hydrogens is 172 g/mol. The van der Waals surface area contributed by atoms with Gasteiger partial charge in [-0.25, -0.2) is 4.79 Å².